The Morgan fingerprint density at radius 1 is 0.833 bits per heavy atom. The number of carboxylic acids is 1. The van der Waals surface area contributed by atoms with Gasteiger partial charge < -0.3 is 16.2 Å². The second-order valence-electron chi connectivity index (χ2n) is 7.27. The highest BCUT2D eigenvalue weighted by Gasteiger charge is 2.12. The van der Waals surface area contributed by atoms with E-state index in [0.29, 0.717) is 12.1 Å². The van der Waals surface area contributed by atoms with Crippen molar-refractivity contribution in [1.82, 2.24) is 5.32 Å². The molecule has 5 heteroatoms. The van der Waals surface area contributed by atoms with Gasteiger partial charge in [-0.15, -0.1) is 0 Å². The Morgan fingerprint density at radius 3 is 2.07 bits per heavy atom. The van der Waals surface area contributed by atoms with Crippen molar-refractivity contribution in [2.75, 3.05) is 6.54 Å². The third-order valence-electron chi connectivity index (χ3n) is 4.98. The Kier molecular flexibility index (Phi) is 7.35. The topological polar surface area (TPSA) is 92.4 Å². The van der Waals surface area contributed by atoms with E-state index in [4.69, 9.17) is 10.8 Å². The Labute approximate surface area is 176 Å². The van der Waals surface area contributed by atoms with Gasteiger partial charge in [0.25, 0.3) is 5.91 Å². The summed E-state index contributed by atoms with van der Waals surface area (Å²) in [7, 11) is 0. The molecule has 0 unspecified atom stereocenters. The van der Waals surface area contributed by atoms with Crippen LogP contribution >= 0.6 is 0 Å². The lowest BCUT2D eigenvalue weighted by Crippen LogP contribution is -2.32. The Morgan fingerprint density at radius 2 is 1.43 bits per heavy atom. The fraction of sp³-hybridized carbons (Fsp3) is 0.200. The van der Waals surface area contributed by atoms with Crippen LogP contribution in [0.3, 0.4) is 0 Å². The summed E-state index contributed by atoms with van der Waals surface area (Å²) in [6.07, 6.45) is 1.98. The number of rotatable bonds is 9. The summed E-state index contributed by atoms with van der Waals surface area (Å²) in [5.41, 5.74) is 10.5. The highest BCUT2D eigenvalue weighted by Crippen LogP contribution is 2.19. The average Bonchev–Trinajstić information content (AvgIpc) is 2.78. The van der Waals surface area contributed by atoms with Crippen molar-refractivity contribution in [1.29, 1.82) is 0 Å². The number of hydrogen-bond acceptors (Lipinski definition) is 3. The smallest absolute Gasteiger partial charge is 0.320 e. The maximum Gasteiger partial charge on any atom is 0.320 e. The molecular weight excluding hydrogens is 376 g/mol. The van der Waals surface area contributed by atoms with Gasteiger partial charge in [-0.25, -0.2) is 0 Å². The third-order valence-corrected chi connectivity index (χ3v) is 4.98. The SMILES string of the molecule is N[C@@H](Cc1ccc(C(=O)NCCCc2ccc(-c3ccccc3)cc2)cc1)C(=O)O. The van der Waals surface area contributed by atoms with Crippen molar-refractivity contribution in [3.63, 3.8) is 0 Å². The first-order chi connectivity index (χ1) is 14.5. The molecule has 4 N–H and O–H groups in total. The molecule has 0 saturated carbocycles. The van der Waals surface area contributed by atoms with Crippen LogP contribution in [0.4, 0.5) is 0 Å². The molecule has 5 nitrogen and oxygen atoms in total. The van der Waals surface area contributed by atoms with E-state index >= 15 is 0 Å². The minimum Gasteiger partial charge on any atom is -0.480 e. The number of nitrogens with one attached hydrogen (secondary N) is 1. The first-order valence-electron chi connectivity index (χ1n) is 10.0. The summed E-state index contributed by atoms with van der Waals surface area (Å²) in [6.45, 7) is 0.588. The number of hydrogen-bond donors (Lipinski definition) is 3. The molecule has 0 aliphatic carbocycles. The monoisotopic (exact) mass is 402 g/mol. The van der Waals surface area contributed by atoms with Gasteiger partial charge in [0.15, 0.2) is 0 Å². The fourth-order valence-electron chi connectivity index (χ4n) is 3.22. The Bertz CT molecular complexity index is 968. The zero-order chi connectivity index (χ0) is 21.3. The number of nitrogens with two attached hydrogens (primary N) is 1. The summed E-state index contributed by atoms with van der Waals surface area (Å²) >= 11 is 0. The molecule has 3 aromatic carbocycles. The fourth-order valence-corrected chi connectivity index (χ4v) is 3.22. The van der Waals surface area contributed by atoms with Gasteiger partial charge in [-0.1, -0.05) is 66.7 Å². The van der Waals surface area contributed by atoms with Crippen LogP contribution in [-0.4, -0.2) is 29.6 Å². The van der Waals surface area contributed by atoms with Gasteiger partial charge in [0.2, 0.25) is 0 Å². The predicted molar refractivity (Wildman–Crippen MR) is 118 cm³/mol. The average molecular weight is 402 g/mol. The van der Waals surface area contributed by atoms with Crippen LogP contribution in [0.5, 0.6) is 0 Å². The molecule has 30 heavy (non-hydrogen) atoms. The van der Waals surface area contributed by atoms with Crippen LogP contribution < -0.4 is 11.1 Å². The quantitative estimate of drug-likeness (QED) is 0.476. The van der Waals surface area contributed by atoms with Crippen molar-refractivity contribution in [2.24, 2.45) is 5.73 Å². The molecule has 0 radical (unpaired) electrons. The van der Waals surface area contributed by atoms with Crippen molar-refractivity contribution < 1.29 is 14.7 Å². The summed E-state index contributed by atoms with van der Waals surface area (Å²) in [6, 6.07) is 24.7. The van der Waals surface area contributed by atoms with Gasteiger partial charge >= 0.3 is 5.97 Å². The molecule has 1 atom stereocenters. The number of aliphatic carboxylic acids is 1. The largest absolute Gasteiger partial charge is 0.480 e. The normalized spacial score (nSPS) is 11.6. The number of amides is 1. The summed E-state index contributed by atoms with van der Waals surface area (Å²) < 4.78 is 0. The first-order valence-corrected chi connectivity index (χ1v) is 10.0. The molecule has 3 rings (SSSR count). The van der Waals surface area contributed by atoms with E-state index in [9.17, 15) is 9.59 Å². The minimum absolute atomic E-state index is 0.136. The van der Waals surface area contributed by atoms with Crippen molar-refractivity contribution >= 4 is 11.9 Å². The number of carbonyl (C=O) groups is 2. The molecule has 0 spiro atoms. The molecule has 154 valence electrons. The van der Waals surface area contributed by atoms with Crippen LogP contribution in [0.15, 0.2) is 78.9 Å². The third kappa shape index (κ3) is 6.03. The summed E-state index contributed by atoms with van der Waals surface area (Å²) in [5.74, 6) is -1.17. The molecule has 0 bridgehead atoms. The zero-order valence-corrected chi connectivity index (χ0v) is 16.8. The maximum absolute atomic E-state index is 12.3. The lowest BCUT2D eigenvalue weighted by molar-refractivity contribution is -0.138. The van der Waals surface area contributed by atoms with Crippen LogP contribution in [0.1, 0.15) is 27.9 Å². The summed E-state index contributed by atoms with van der Waals surface area (Å²) in [5, 5.41) is 11.8. The van der Waals surface area contributed by atoms with E-state index in [0.717, 1.165) is 18.4 Å². The molecule has 3 aromatic rings. The van der Waals surface area contributed by atoms with Gasteiger partial charge in [0, 0.05) is 12.1 Å². The molecule has 0 fully saturated rings. The Balaban J connectivity index is 1.43. The predicted octanol–water partition coefficient (Wildman–Crippen LogP) is 3.67. The first kappa shape index (κ1) is 21.3. The second-order valence-corrected chi connectivity index (χ2v) is 7.27. The number of carboxylic acid groups (broad SMARTS) is 1. The van der Waals surface area contributed by atoms with Crippen molar-refractivity contribution in [3.8, 4) is 11.1 Å². The molecule has 0 saturated heterocycles. The van der Waals surface area contributed by atoms with E-state index in [1.165, 1.54) is 16.7 Å². The van der Waals surface area contributed by atoms with Crippen LogP contribution in [0, 0.1) is 0 Å². The van der Waals surface area contributed by atoms with E-state index in [1.54, 1.807) is 24.3 Å². The van der Waals surface area contributed by atoms with E-state index in [2.05, 4.69) is 41.7 Å². The van der Waals surface area contributed by atoms with Crippen LogP contribution in [-0.2, 0) is 17.6 Å². The molecular formula is C25H26N2O3. The molecule has 0 aliphatic heterocycles. The van der Waals surface area contributed by atoms with Gasteiger partial charge in [0.1, 0.15) is 6.04 Å². The van der Waals surface area contributed by atoms with Crippen molar-refractivity contribution in [2.45, 2.75) is 25.3 Å². The molecule has 0 aromatic heterocycles. The highest BCUT2D eigenvalue weighted by atomic mass is 16.4. The van der Waals surface area contributed by atoms with Gasteiger partial charge in [-0.2, -0.15) is 0 Å². The summed E-state index contributed by atoms with van der Waals surface area (Å²) in [4.78, 5) is 23.1. The minimum atomic E-state index is -1.04. The second kappa shape index (κ2) is 10.4. The van der Waals surface area contributed by atoms with Gasteiger partial charge in [0.05, 0.1) is 0 Å². The van der Waals surface area contributed by atoms with Crippen LogP contribution in [0.2, 0.25) is 0 Å². The maximum atomic E-state index is 12.3. The molecule has 1 amide bonds. The van der Waals surface area contributed by atoms with Gasteiger partial charge in [-0.05, 0) is 53.6 Å². The zero-order valence-electron chi connectivity index (χ0n) is 16.8. The van der Waals surface area contributed by atoms with Crippen LogP contribution in [0.25, 0.3) is 11.1 Å². The van der Waals surface area contributed by atoms with Crippen molar-refractivity contribution in [3.05, 3.63) is 95.6 Å². The highest BCUT2D eigenvalue weighted by molar-refractivity contribution is 5.94. The van der Waals surface area contributed by atoms with Gasteiger partial charge in [-0.3, -0.25) is 9.59 Å². The van der Waals surface area contributed by atoms with E-state index < -0.39 is 12.0 Å². The lowest BCUT2D eigenvalue weighted by atomic mass is 10.0. The van der Waals surface area contributed by atoms with E-state index in [1.807, 2.05) is 18.2 Å². The Hall–Kier alpha value is -3.44. The standard InChI is InChI=1S/C25H26N2O3/c26-23(25(29)30)17-19-10-14-22(15-11-19)24(28)27-16-4-5-18-8-12-21(13-9-18)20-6-2-1-3-7-20/h1-3,6-15,23H,4-5,16-17,26H2,(H,27,28)(H,29,30)/t23-/m0/s1. The molecule has 0 heterocycles. The molecule has 0 aliphatic rings. The van der Waals surface area contributed by atoms with E-state index in [-0.39, 0.29) is 12.3 Å². The number of benzene rings is 3. The number of aryl methyl sites for hydroxylation is 1. The number of carbonyl (C=O) groups excluding carboxylic acids is 1. The lowest BCUT2D eigenvalue weighted by Gasteiger charge is -2.09.